The van der Waals surface area contributed by atoms with E-state index in [4.69, 9.17) is 20.4 Å². The van der Waals surface area contributed by atoms with Gasteiger partial charge in [-0.05, 0) is 48.5 Å². The van der Waals surface area contributed by atoms with Crippen LogP contribution in [0.1, 0.15) is 82.9 Å². The van der Waals surface area contributed by atoms with E-state index >= 15 is 0 Å². The van der Waals surface area contributed by atoms with E-state index < -0.39 is 97.3 Å². The molecule has 0 unspecified atom stereocenters. The van der Waals surface area contributed by atoms with E-state index in [9.17, 15) is 67.1 Å². The molecule has 0 atom stereocenters. The molecule has 0 radical (unpaired) electrons. The number of hydrogen-bond acceptors (Lipinski definition) is 14. The summed E-state index contributed by atoms with van der Waals surface area (Å²) in [6.07, 6.45) is 1.50. The van der Waals surface area contributed by atoms with Crippen LogP contribution in [0.25, 0.3) is 21.5 Å². The molecule has 340 valence electrons. The van der Waals surface area contributed by atoms with Crippen molar-refractivity contribution >= 4 is 105 Å². The summed E-state index contributed by atoms with van der Waals surface area (Å²) in [7, 11) is 6.75. The third-order valence-corrected chi connectivity index (χ3v) is 9.72. The van der Waals surface area contributed by atoms with Gasteiger partial charge in [-0.15, -0.1) is 0 Å². The summed E-state index contributed by atoms with van der Waals surface area (Å²) in [6.45, 7) is -3.31. The first-order valence-electron chi connectivity index (χ1n) is 18.7. The molecule has 0 spiro atoms. The number of amides is 10. The highest BCUT2D eigenvalue weighted by Gasteiger charge is 2.42. The summed E-state index contributed by atoms with van der Waals surface area (Å²) >= 11 is 0. The maximum absolute atomic E-state index is 12.6. The Balaban J connectivity index is 0.000000206. The van der Waals surface area contributed by atoms with Gasteiger partial charge < -0.3 is 30.2 Å². The molecule has 4 aliphatic rings. The molecule has 0 aliphatic carbocycles. The Labute approximate surface area is 369 Å². The number of aliphatic carboxylic acids is 4. The van der Waals surface area contributed by atoms with Crippen molar-refractivity contribution in [3.63, 3.8) is 0 Å². The molecule has 4 heterocycles. The molecule has 24 nitrogen and oxygen atoms in total. The minimum absolute atomic E-state index is 0.0104. The van der Waals surface area contributed by atoms with E-state index in [2.05, 4.69) is 0 Å². The highest BCUT2D eigenvalue weighted by atomic mass is 16.4. The van der Waals surface area contributed by atoms with Gasteiger partial charge in [0.1, 0.15) is 26.2 Å². The second-order valence-electron chi connectivity index (χ2n) is 14.6. The van der Waals surface area contributed by atoms with E-state index in [1.54, 1.807) is 28.2 Å². The van der Waals surface area contributed by atoms with Crippen LogP contribution in [0.2, 0.25) is 0 Å². The minimum atomic E-state index is -1.37. The lowest BCUT2D eigenvalue weighted by Gasteiger charge is -2.30. The zero-order valence-corrected chi connectivity index (χ0v) is 34.8. The Bertz CT molecular complexity index is 2400. The number of nitrogens with zero attached hydrogens (tertiary/aromatic N) is 6. The Hall–Kier alpha value is -9.22. The normalized spacial score (nSPS) is 14.1. The van der Waals surface area contributed by atoms with Crippen molar-refractivity contribution in [3.05, 3.63) is 93.0 Å². The fourth-order valence-corrected chi connectivity index (χ4v) is 7.06. The average molecular weight is 911 g/mol. The van der Waals surface area contributed by atoms with Crippen LogP contribution in [-0.2, 0) is 28.8 Å². The van der Waals surface area contributed by atoms with Gasteiger partial charge in [-0.25, -0.2) is 0 Å². The Morgan fingerprint density at radius 2 is 0.485 bits per heavy atom. The van der Waals surface area contributed by atoms with Gasteiger partial charge in [0.15, 0.2) is 0 Å². The van der Waals surface area contributed by atoms with E-state index in [0.29, 0.717) is 19.6 Å². The highest BCUT2D eigenvalue weighted by molar-refractivity contribution is 6.35. The molecule has 10 amide bonds. The van der Waals surface area contributed by atoms with Crippen LogP contribution in [0.5, 0.6) is 0 Å². The van der Waals surface area contributed by atoms with E-state index in [1.165, 1.54) is 58.3 Å². The second-order valence-corrected chi connectivity index (χ2v) is 14.6. The number of carbonyl (C=O) groups excluding carboxylic acids is 10. The number of benzene rings is 4. The molecule has 4 N–H and O–H groups in total. The molecule has 24 heteroatoms. The van der Waals surface area contributed by atoms with Crippen molar-refractivity contribution in [1.82, 2.24) is 29.4 Å². The zero-order valence-electron chi connectivity index (χ0n) is 34.8. The number of carbonyl (C=O) groups is 14. The topological polar surface area (TPSA) is 339 Å². The van der Waals surface area contributed by atoms with Gasteiger partial charge in [-0.1, -0.05) is 0 Å². The Morgan fingerprint density at radius 1 is 0.364 bits per heavy atom. The minimum Gasteiger partial charge on any atom is -0.480 e. The smallest absolute Gasteiger partial charge is 0.323 e. The van der Waals surface area contributed by atoms with Crippen molar-refractivity contribution in [2.75, 3.05) is 54.4 Å². The molecule has 4 aromatic carbocycles. The van der Waals surface area contributed by atoms with Crippen molar-refractivity contribution in [2.24, 2.45) is 0 Å². The molecule has 4 aromatic rings. The van der Waals surface area contributed by atoms with Gasteiger partial charge in [0.25, 0.3) is 47.3 Å². The molecule has 4 aliphatic heterocycles. The van der Waals surface area contributed by atoms with Crippen LogP contribution in [0.3, 0.4) is 0 Å². The van der Waals surface area contributed by atoms with Gasteiger partial charge in [-0.3, -0.25) is 86.7 Å². The summed E-state index contributed by atoms with van der Waals surface area (Å²) in [5.74, 6) is -12.3. The first-order chi connectivity index (χ1) is 31.0. The standard InChI is InChI=1S/2C18H10N2O8.2C3H7NO/c2*21-11(22)5-19-15(25)7-1-2-8-14-10(4-3-9(13(7)14)17(19)27)18(28)20(16(8)26)6-12(23)24;2*1-4(2)3-5/h2*1-4H,5-6H2,(H,21,22)(H,23,24);2*3H,1-2H3. The third-order valence-electron chi connectivity index (χ3n) is 9.72. The van der Waals surface area contributed by atoms with Crippen molar-refractivity contribution < 1.29 is 87.5 Å². The molecule has 66 heavy (non-hydrogen) atoms. The van der Waals surface area contributed by atoms with Crippen LogP contribution >= 0.6 is 0 Å². The van der Waals surface area contributed by atoms with Crippen molar-refractivity contribution in [1.29, 1.82) is 0 Å². The zero-order chi connectivity index (χ0) is 49.2. The summed E-state index contributed by atoms with van der Waals surface area (Å²) in [5.41, 5.74) is -0.0834. The Kier molecular flexibility index (Phi) is 13.5. The number of carboxylic acids is 4. The number of imide groups is 4. The highest BCUT2D eigenvalue weighted by Crippen LogP contribution is 2.39. The lowest BCUT2D eigenvalue weighted by molar-refractivity contribution is -0.138. The van der Waals surface area contributed by atoms with Crippen LogP contribution in [0, 0.1) is 0 Å². The van der Waals surface area contributed by atoms with Crippen LogP contribution in [-0.4, -0.2) is 188 Å². The molecular weight excluding hydrogens is 876 g/mol. The molecule has 8 rings (SSSR count). The average Bonchev–Trinajstić information content (AvgIpc) is 3.26. The SMILES string of the molecule is CN(C)C=O.CN(C)C=O.O=C(O)CN1C(=O)c2ccc3c4c(ccc(c24)C1=O)C(=O)N(CC(=O)O)C3=O.O=C(O)CN1C(=O)c2ccc3c4c(ccc(c24)C1=O)C(=O)N(CC(=O)O)C3=O. The number of rotatable bonds is 10. The summed E-state index contributed by atoms with van der Waals surface area (Å²) < 4.78 is 0. The Morgan fingerprint density at radius 3 is 0.576 bits per heavy atom. The van der Waals surface area contributed by atoms with E-state index in [0.717, 1.165) is 12.8 Å². The summed E-state index contributed by atoms with van der Waals surface area (Å²) in [6, 6.07) is 10.1. The molecule has 0 saturated carbocycles. The quantitative estimate of drug-likeness (QED) is 0.118. The van der Waals surface area contributed by atoms with E-state index in [-0.39, 0.29) is 66.1 Å². The number of carboxylic acid groups (broad SMARTS) is 4. The lowest BCUT2D eigenvalue weighted by Crippen LogP contribution is -2.45. The fourth-order valence-electron chi connectivity index (χ4n) is 7.06. The molecular formula is C42H34N6O18. The van der Waals surface area contributed by atoms with Crippen molar-refractivity contribution in [3.8, 4) is 0 Å². The predicted molar refractivity (Wildman–Crippen MR) is 219 cm³/mol. The largest absolute Gasteiger partial charge is 0.480 e. The third kappa shape index (κ3) is 8.72. The molecule has 0 fully saturated rings. The van der Waals surface area contributed by atoms with Crippen molar-refractivity contribution in [2.45, 2.75) is 0 Å². The summed E-state index contributed by atoms with van der Waals surface area (Å²) in [5, 5.41) is 36.2. The van der Waals surface area contributed by atoms with Crippen LogP contribution in [0.15, 0.2) is 48.5 Å². The van der Waals surface area contributed by atoms with Gasteiger partial charge in [0.2, 0.25) is 12.8 Å². The van der Waals surface area contributed by atoms with Gasteiger partial charge in [-0.2, -0.15) is 0 Å². The van der Waals surface area contributed by atoms with Gasteiger partial charge >= 0.3 is 23.9 Å². The first-order valence-corrected chi connectivity index (χ1v) is 18.7. The molecule has 0 saturated heterocycles. The van der Waals surface area contributed by atoms with E-state index in [1.807, 2.05) is 0 Å². The summed E-state index contributed by atoms with van der Waals surface area (Å²) in [4.78, 5) is 169. The predicted octanol–water partition coefficient (Wildman–Crippen LogP) is -0.189. The van der Waals surface area contributed by atoms with Crippen LogP contribution < -0.4 is 0 Å². The second kappa shape index (κ2) is 18.6. The molecule has 0 bridgehead atoms. The van der Waals surface area contributed by atoms with Crippen LogP contribution in [0.4, 0.5) is 0 Å². The number of hydrogen-bond donors (Lipinski definition) is 4. The van der Waals surface area contributed by atoms with Gasteiger partial charge in [0.05, 0.1) is 0 Å². The molecule has 0 aromatic heterocycles. The van der Waals surface area contributed by atoms with Gasteiger partial charge in [0, 0.05) is 94.2 Å². The fraction of sp³-hybridized carbons (Fsp3) is 0.190. The maximum Gasteiger partial charge on any atom is 0.323 e. The first kappa shape index (κ1) is 47.8. The lowest BCUT2D eigenvalue weighted by atomic mass is 9.86. The monoisotopic (exact) mass is 910 g/mol. The maximum atomic E-state index is 12.6.